The third-order valence-electron chi connectivity index (χ3n) is 4.09. The van der Waals surface area contributed by atoms with Crippen molar-refractivity contribution in [3.05, 3.63) is 0 Å². The van der Waals surface area contributed by atoms with Crippen molar-refractivity contribution in [1.29, 1.82) is 0 Å². The van der Waals surface area contributed by atoms with Crippen LogP contribution in [0.15, 0.2) is 0 Å². The van der Waals surface area contributed by atoms with Crippen LogP contribution in [0.5, 0.6) is 0 Å². The summed E-state index contributed by atoms with van der Waals surface area (Å²) in [6.45, 7) is 4.87. The van der Waals surface area contributed by atoms with E-state index in [0.29, 0.717) is 12.5 Å². The summed E-state index contributed by atoms with van der Waals surface area (Å²) in [6.07, 6.45) is 3.50. The standard InChI is InChI=1S/C17H28N2O7S/c1-12(2)7-4-5-10-18-14(20)8-6-9-16(22)26-19-15(21)11-13(17(19)23)27(3,24)25/h12-13H,4-11H2,1-3H3,(H,18,20). The van der Waals surface area contributed by atoms with Gasteiger partial charge >= 0.3 is 5.97 Å². The van der Waals surface area contributed by atoms with Gasteiger partial charge in [0.05, 0.1) is 6.42 Å². The maximum atomic E-state index is 11.9. The fourth-order valence-electron chi connectivity index (χ4n) is 2.55. The van der Waals surface area contributed by atoms with Crippen molar-refractivity contribution in [2.45, 2.75) is 64.0 Å². The van der Waals surface area contributed by atoms with Crippen molar-refractivity contribution < 1.29 is 32.4 Å². The summed E-state index contributed by atoms with van der Waals surface area (Å²) in [5.74, 6) is -2.35. The molecule has 0 spiro atoms. The number of carbonyl (C=O) groups excluding carboxylic acids is 4. The molecule has 1 unspecified atom stereocenters. The van der Waals surface area contributed by atoms with E-state index in [1.807, 2.05) is 0 Å². The number of nitrogens with one attached hydrogen (secondary N) is 1. The zero-order valence-electron chi connectivity index (χ0n) is 16.0. The van der Waals surface area contributed by atoms with Crippen LogP contribution in [0.1, 0.15) is 58.8 Å². The SMILES string of the molecule is CC(C)CCCCNC(=O)CCCC(=O)ON1C(=O)CC(S(C)(=O)=O)C1=O. The molecule has 0 aliphatic carbocycles. The Kier molecular flexibility index (Phi) is 8.87. The molecule has 1 aliphatic rings. The summed E-state index contributed by atoms with van der Waals surface area (Å²) in [5, 5.41) is 1.46. The largest absolute Gasteiger partial charge is 0.356 e. The van der Waals surface area contributed by atoms with Crippen molar-refractivity contribution in [2.75, 3.05) is 12.8 Å². The first-order valence-corrected chi connectivity index (χ1v) is 11.0. The zero-order valence-corrected chi connectivity index (χ0v) is 16.8. The molecule has 1 N–H and O–H groups in total. The molecule has 3 amide bonds. The Morgan fingerprint density at radius 3 is 2.41 bits per heavy atom. The number of unbranched alkanes of at least 4 members (excludes halogenated alkanes) is 1. The van der Waals surface area contributed by atoms with Crippen LogP contribution in [-0.4, -0.2) is 55.2 Å². The average Bonchev–Trinajstić information content (AvgIpc) is 2.82. The van der Waals surface area contributed by atoms with Crippen LogP contribution in [0.25, 0.3) is 0 Å². The Labute approximate surface area is 159 Å². The van der Waals surface area contributed by atoms with E-state index in [-0.39, 0.29) is 30.2 Å². The number of amides is 3. The van der Waals surface area contributed by atoms with Crippen molar-refractivity contribution in [3.63, 3.8) is 0 Å². The summed E-state index contributed by atoms with van der Waals surface area (Å²) < 4.78 is 22.9. The molecule has 0 aromatic heterocycles. The molecule has 10 heteroatoms. The lowest BCUT2D eigenvalue weighted by molar-refractivity contribution is -0.197. The Bertz CT molecular complexity index is 673. The Balaban J connectivity index is 2.27. The second-order valence-electron chi connectivity index (χ2n) is 7.11. The molecule has 0 bridgehead atoms. The minimum absolute atomic E-state index is 0.118. The molecule has 27 heavy (non-hydrogen) atoms. The van der Waals surface area contributed by atoms with Crippen LogP contribution >= 0.6 is 0 Å². The maximum Gasteiger partial charge on any atom is 0.333 e. The van der Waals surface area contributed by atoms with Crippen LogP contribution < -0.4 is 5.32 Å². The smallest absolute Gasteiger partial charge is 0.333 e. The molecule has 154 valence electrons. The van der Waals surface area contributed by atoms with E-state index in [0.717, 1.165) is 25.5 Å². The van der Waals surface area contributed by atoms with E-state index >= 15 is 0 Å². The third kappa shape index (κ3) is 8.06. The molecular formula is C17H28N2O7S. The second-order valence-corrected chi connectivity index (χ2v) is 9.33. The van der Waals surface area contributed by atoms with E-state index in [4.69, 9.17) is 0 Å². The lowest BCUT2D eigenvalue weighted by Crippen LogP contribution is -2.36. The van der Waals surface area contributed by atoms with E-state index < -0.39 is 39.3 Å². The molecule has 1 rings (SSSR count). The van der Waals surface area contributed by atoms with Gasteiger partial charge in [0.1, 0.15) is 0 Å². The van der Waals surface area contributed by atoms with Gasteiger partial charge in [-0.1, -0.05) is 26.7 Å². The fraction of sp³-hybridized carbons (Fsp3) is 0.765. The number of hydrogen-bond donors (Lipinski definition) is 1. The predicted octanol–water partition coefficient (Wildman–Crippen LogP) is 0.730. The molecule has 0 aromatic carbocycles. The van der Waals surface area contributed by atoms with Gasteiger partial charge in [-0.2, -0.15) is 0 Å². The van der Waals surface area contributed by atoms with Gasteiger partial charge in [-0.25, -0.2) is 13.2 Å². The molecule has 1 fully saturated rings. The second kappa shape index (κ2) is 10.4. The highest BCUT2D eigenvalue weighted by Gasteiger charge is 2.46. The van der Waals surface area contributed by atoms with Gasteiger partial charge in [-0.3, -0.25) is 14.4 Å². The molecule has 1 heterocycles. The van der Waals surface area contributed by atoms with Crippen LogP contribution in [0.2, 0.25) is 0 Å². The topological polar surface area (TPSA) is 127 Å². The van der Waals surface area contributed by atoms with Crippen molar-refractivity contribution in [3.8, 4) is 0 Å². The lowest BCUT2D eigenvalue weighted by atomic mass is 10.1. The van der Waals surface area contributed by atoms with E-state index in [1.165, 1.54) is 0 Å². The van der Waals surface area contributed by atoms with Crippen LogP contribution in [0, 0.1) is 5.92 Å². The molecule has 0 radical (unpaired) electrons. The van der Waals surface area contributed by atoms with Gasteiger partial charge in [-0.05, 0) is 18.8 Å². The number of rotatable bonds is 11. The molecule has 1 aliphatic heterocycles. The summed E-state index contributed by atoms with van der Waals surface area (Å²) in [5.41, 5.74) is 0. The zero-order chi connectivity index (χ0) is 20.6. The van der Waals surface area contributed by atoms with Crippen molar-refractivity contribution in [2.24, 2.45) is 5.92 Å². The first kappa shape index (κ1) is 23.1. The molecular weight excluding hydrogens is 376 g/mol. The highest BCUT2D eigenvalue weighted by atomic mass is 32.2. The Morgan fingerprint density at radius 2 is 1.85 bits per heavy atom. The molecule has 0 aromatic rings. The highest BCUT2D eigenvalue weighted by Crippen LogP contribution is 2.20. The number of sulfone groups is 1. The summed E-state index contributed by atoms with van der Waals surface area (Å²) in [4.78, 5) is 51.6. The number of carbonyl (C=O) groups is 4. The number of hydrogen-bond acceptors (Lipinski definition) is 7. The average molecular weight is 404 g/mol. The number of hydroxylamine groups is 2. The maximum absolute atomic E-state index is 11.9. The summed E-state index contributed by atoms with van der Waals surface area (Å²) >= 11 is 0. The molecule has 1 saturated heterocycles. The van der Waals surface area contributed by atoms with Crippen molar-refractivity contribution >= 4 is 33.5 Å². The van der Waals surface area contributed by atoms with Gasteiger partial charge in [0.2, 0.25) is 5.91 Å². The summed E-state index contributed by atoms with van der Waals surface area (Å²) in [6, 6.07) is 0. The number of nitrogens with zero attached hydrogens (tertiary/aromatic N) is 1. The third-order valence-corrected chi connectivity index (χ3v) is 5.49. The highest BCUT2D eigenvalue weighted by molar-refractivity contribution is 7.92. The Morgan fingerprint density at radius 1 is 1.19 bits per heavy atom. The van der Waals surface area contributed by atoms with Gasteiger partial charge in [0.15, 0.2) is 15.1 Å². The fourth-order valence-corrected chi connectivity index (χ4v) is 3.45. The predicted molar refractivity (Wildman–Crippen MR) is 96.7 cm³/mol. The van der Waals surface area contributed by atoms with Gasteiger partial charge < -0.3 is 10.2 Å². The minimum atomic E-state index is -3.76. The van der Waals surface area contributed by atoms with Crippen LogP contribution in [0.3, 0.4) is 0 Å². The van der Waals surface area contributed by atoms with Crippen molar-refractivity contribution in [1.82, 2.24) is 10.4 Å². The van der Waals surface area contributed by atoms with E-state index in [2.05, 4.69) is 24.0 Å². The lowest BCUT2D eigenvalue weighted by Gasteiger charge is -2.13. The van der Waals surface area contributed by atoms with Crippen LogP contribution in [0.4, 0.5) is 0 Å². The Hall–Kier alpha value is -1.97. The van der Waals surface area contributed by atoms with Gasteiger partial charge in [-0.15, -0.1) is 5.06 Å². The van der Waals surface area contributed by atoms with E-state index in [9.17, 15) is 27.6 Å². The van der Waals surface area contributed by atoms with Crippen LogP contribution in [-0.2, 0) is 33.9 Å². The number of imide groups is 1. The molecule has 9 nitrogen and oxygen atoms in total. The molecule has 1 atom stereocenters. The minimum Gasteiger partial charge on any atom is -0.356 e. The monoisotopic (exact) mass is 404 g/mol. The summed E-state index contributed by atoms with van der Waals surface area (Å²) in [7, 11) is -3.76. The quantitative estimate of drug-likeness (QED) is 0.397. The normalized spacial score (nSPS) is 17.5. The first-order valence-electron chi connectivity index (χ1n) is 9.05. The molecule has 0 saturated carbocycles. The van der Waals surface area contributed by atoms with Gasteiger partial charge in [0, 0.05) is 25.6 Å². The first-order chi connectivity index (χ1) is 12.5. The van der Waals surface area contributed by atoms with E-state index in [1.54, 1.807) is 0 Å². The van der Waals surface area contributed by atoms with Gasteiger partial charge in [0.25, 0.3) is 11.8 Å².